The zero-order chi connectivity index (χ0) is 20.6. The van der Waals surface area contributed by atoms with Gasteiger partial charge in [-0.3, -0.25) is 9.59 Å². The van der Waals surface area contributed by atoms with Crippen molar-refractivity contribution in [2.75, 3.05) is 25.1 Å². The molecule has 29 heavy (non-hydrogen) atoms. The molecule has 1 aromatic carbocycles. The van der Waals surface area contributed by atoms with Crippen molar-refractivity contribution in [2.24, 2.45) is 0 Å². The number of amides is 2. The SMILES string of the molecule is CCOCCCNC(=O)c1c(NC(=O)Cc2ccc(Cl)cc2)sc2c1CCCC2. The van der Waals surface area contributed by atoms with Crippen LogP contribution in [0.15, 0.2) is 24.3 Å². The molecule has 0 aliphatic heterocycles. The summed E-state index contributed by atoms with van der Waals surface area (Å²) < 4.78 is 5.32. The molecule has 0 atom stereocenters. The number of anilines is 1. The summed E-state index contributed by atoms with van der Waals surface area (Å²) in [5.74, 6) is -0.237. The zero-order valence-electron chi connectivity index (χ0n) is 16.7. The first-order valence-corrected chi connectivity index (χ1v) is 11.3. The normalized spacial score (nSPS) is 13.0. The van der Waals surface area contributed by atoms with Crippen LogP contribution in [0.25, 0.3) is 0 Å². The molecule has 3 rings (SSSR count). The Balaban J connectivity index is 1.70. The van der Waals surface area contributed by atoms with E-state index in [4.69, 9.17) is 16.3 Å². The Bertz CT molecular complexity index is 848. The van der Waals surface area contributed by atoms with Gasteiger partial charge >= 0.3 is 0 Å². The lowest BCUT2D eigenvalue weighted by molar-refractivity contribution is -0.115. The van der Waals surface area contributed by atoms with Gasteiger partial charge in [0.25, 0.3) is 5.91 Å². The molecular formula is C22H27ClN2O3S. The molecule has 0 saturated carbocycles. The second kappa shape index (κ2) is 10.8. The quantitative estimate of drug-likeness (QED) is 0.566. The highest BCUT2D eigenvalue weighted by atomic mass is 35.5. The molecule has 2 amide bonds. The number of carbonyl (C=O) groups excluding carboxylic acids is 2. The van der Waals surface area contributed by atoms with Gasteiger partial charge in [0.1, 0.15) is 5.00 Å². The lowest BCUT2D eigenvalue weighted by Gasteiger charge is -2.13. The van der Waals surface area contributed by atoms with E-state index >= 15 is 0 Å². The predicted octanol–water partition coefficient (Wildman–Crippen LogP) is 4.62. The fourth-order valence-corrected chi connectivity index (χ4v) is 4.89. The highest BCUT2D eigenvalue weighted by molar-refractivity contribution is 7.17. The lowest BCUT2D eigenvalue weighted by atomic mass is 9.95. The van der Waals surface area contributed by atoms with Crippen LogP contribution in [0.2, 0.25) is 5.02 Å². The molecule has 1 aromatic heterocycles. The van der Waals surface area contributed by atoms with E-state index in [2.05, 4.69) is 10.6 Å². The van der Waals surface area contributed by atoms with Gasteiger partial charge in [0.15, 0.2) is 0 Å². The van der Waals surface area contributed by atoms with Crippen LogP contribution in [0.1, 0.15) is 52.5 Å². The van der Waals surface area contributed by atoms with Crippen molar-refractivity contribution in [3.63, 3.8) is 0 Å². The molecule has 1 aliphatic carbocycles. The van der Waals surface area contributed by atoms with Gasteiger partial charge in [-0.2, -0.15) is 0 Å². The van der Waals surface area contributed by atoms with E-state index in [0.717, 1.165) is 43.2 Å². The van der Waals surface area contributed by atoms with Crippen LogP contribution in [0.4, 0.5) is 5.00 Å². The van der Waals surface area contributed by atoms with Crippen molar-refractivity contribution >= 4 is 39.8 Å². The number of rotatable bonds is 9. The van der Waals surface area contributed by atoms with Crippen LogP contribution < -0.4 is 10.6 Å². The molecule has 0 saturated heterocycles. The van der Waals surface area contributed by atoms with Crippen molar-refractivity contribution in [1.82, 2.24) is 5.32 Å². The van der Waals surface area contributed by atoms with Gasteiger partial charge in [-0.15, -0.1) is 11.3 Å². The highest BCUT2D eigenvalue weighted by Crippen LogP contribution is 2.38. The summed E-state index contributed by atoms with van der Waals surface area (Å²) in [7, 11) is 0. The monoisotopic (exact) mass is 434 g/mol. The second-order valence-corrected chi connectivity index (χ2v) is 8.61. The number of hydrogen-bond acceptors (Lipinski definition) is 4. The van der Waals surface area contributed by atoms with Crippen molar-refractivity contribution in [3.8, 4) is 0 Å². The standard InChI is InChI=1S/C22H27ClN2O3S/c1-2-28-13-5-12-24-21(27)20-17-6-3-4-7-18(17)29-22(20)25-19(26)14-15-8-10-16(23)11-9-15/h8-11H,2-7,12-14H2,1H3,(H,24,27)(H,25,26). The smallest absolute Gasteiger partial charge is 0.254 e. The molecule has 2 aromatic rings. The van der Waals surface area contributed by atoms with Crippen molar-refractivity contribution in [2.45, 2.75) is 45.4 Å². The van der Waals surface area contributed by atoms with Gasteiger partial charge in [0.2, 0.25) is 5.91 Å². The van der Waals surface area contributed by atoms with Crippen molar-refractivity contribution in [1.29, 1.82) is 0 Å². The summed E-state index contributed by atoms with van der Waals surface area (Å²) in [5.41, 5.74) is 2.63. The fourth-order valence-electron chi connectivity index (χ4n) is 3.46. The number of fused-ring (bicyclic) bond motifs is 1. The number of benzene rings is 1. The van der Waals surface area contributed by atoms with E-state index in [1.165, 1.54) is 4.88 Å². The molecular weight excluding hydrogens is 408 g/mol. The predicted molar refractivity (Wildman–Crippen MR) is 118 cm³/mol. The summed E-state index contributed by atoms with van der Waals surface area (Å²) in [4.78, 5) is 26.7. The number of ether oxygens (including phenoxy) is 1. The summed E-state index contributed by atoms with van der Waals surface area (Å²) in [6.07, 6.45) is 5.07. The summed E-state index contributed by atoms with van der Waals surface area (Å²) >= 11 is 7.45. The third-order valence-corrected chi connectivity index (χ3v) is 6.34. The number of thiophene rings is 1. The van der Waals surface area contributed by atoms with Gasteiger partial charge in [0.05, 0.1) is 12.0 Å². The maximum absolute atomic E-state index is 12.9. The first-order chi connectivity index (χ1) is 14.1. The first-order valence-electron chi connectivity index (χ1n) is 10.1. The summed E-state index contributed by atoms with van der Waals surface area (Å²) in [6, 6.07) is 7.23. The van der Waals surface area contributed by atoms with Gasteiger partial charge in [-0.1, -0.05) is 23.7 Å². The maximum atomic E-state index is 12.9. The molecule has 1 heterocycles. The van der Waals surface area contributed by atoms with Crippen LogP contribution in [-0.4, -0.2) is 31.6 Å². The average molecular weight is 435 g/mol. The average Bonchev–Trinajstić information content (AvgIpc) is 3.07. The molecule has 0 spiro atoms. The van der Waals surface area contributed by atoms with E-state index in [-0.39, 0.29) is 18.2 Å². The van der Waals surface area contributed by atoms with Crippen LogP contribution in [0.3, 0.4) is 0 Å². The largest absolute Gasteiger partial charge is 0.382 e. The molecule has 0 radical (unpaired) electrons. The second-order valence-electron chi connectivity index (χ2n) is 7.07. The van der Waals surface area contributed by atoms with Crippen LogP contribution in [-0.2, 0) is 28.8 Å². The minimum absolute atomic E-state index is 0.109. The summed E-state index contributed by atoms with van der Waals surface area (Å²) in [5, 5.41) is 7.28. The third kappa shape index (κ3) is 6.04. The zero-order valence-corrected chi connectivity index (χ0v) is 18.3. The number of hydrogen-bond donors (Lipinski definition) is 2. The van der Waals surface area contributed by atoms with Gasteiger partial charge in [0, 0.05) is 29.7 Å². The molecule has 0 bridgehead atoms. The molecule has 2 N–H and O–H groups in total. The van der Waals surface area contributed by atoms with E-state index in [0.29, 0.717) is 35.3 Å². The third-order valence-electron chi connectivity index (χ3n) is 4.88. The summed E-state index contributed by atoms with van der Waals surface area (Å²) in [6.45, 7) is 3.82. The fraction of sp³-hybridized carbons (Fsp3) is 0.455. The minimum Gasteiger partial charge on any atom is -0.382 e. The van der Waals surface area contributed by atoms with Crippen LogP contribution in [0, 0.1) is 0 Å². The van der Waals surface area contributed by atoms with E-state index in [9.17, 15) is 9.59 Å². The van der Waals surface area contributed by atoms with Crippen LogP contribution >= 0.6 is 22.9 Å². The van der Waals surface area contributed by atoms with E-state index < -0.39 is 0 Å². The number of aryl methyl sites for hydroxylation is 1. The Morgan fingerprint density at radius 1 is 1.17 bits per heavy atom. The van der Waals surface area contributed by atoms with E-state index in [1.807, 2.05) is 19.1 Å². The Labute approximate surface area is 180 Å². The Hall–Kier alpha value is -1.89. The number of carbonyl (C=O) groups is 2. The Morgan fingerprint density at radius 3 is 2.69 bits per heavy atom. The molecule has 156 valence electrons. The molecule has 7 heteroatoms. The van der Waals surface area contributed by atoms with Gasteiger partial charge in [-0.25, -0.2) is 0 Å². The maximum Gasteiger partial charge on any atom is 0.254 e. The molecule has 0 unspecified atom stereocenters. The van der Waals surface area contributed by atoms with Gasteiger partial charge in [-0.05, 0) is 62.3 Å². The van der Waals surface area contributed by atoms with Crippen molar-refractivity contribution < 1.29 is 14.3 Å². The highest BCUT2D eigenvalue weighted by Gasteiger charge is 2.26. The molecule has 5 nitrogen and oxygen atoms in total. The van der Waals surface area contributed by atoms with Gasteiger partial charge < -0.3 is 15.4 Å². The first kappa shape index (κ1) is 21.8. The molecule has 0 fully saturated rings. The van der Waals surface area contributed by atoms with Crippen LogP contribution in [0.5, 0.6) is 0 Å². The lowest BCUT2D eigenvalue weighted by Crippen LogP contribution is -2.27. The topological polar surface area (TPSA) is 67.4 Å². The Kier molecular flexibility index (Phi) is 8.09. The Morgan fingerprint density at radius 2 is 1.93 bits per heavy atom. The number of nitrogens with one attached hydrogen (secondary N) is 2. The van der Waals surface area contributed by atoms with Crippen molar-refractivity contribution in [3.05, 3.63) is 50.9 Å². The minimum atomic E-state index is -0.128. The van der Waals surface area contributed by atoms with E-state index in [1.54, 1.807) is 23.5 Å². The number of halogens is 1. The molecule has 1 aliphatic rings.